The van der Waals surface area contributed by atoms with E-state index in [1.165, 1.54) is 24.1 Å². The van der Waals surface area contributed by atoms with Gasteiger partial charge < -0.3 is 14.4 Å². The molecule has 0 N–H and O–H groups in total. The summed E-state index contributed by atoms with van der Waals surface area (Å²) in [5.74, 6) is 0.631. The first-order valence-corrected chi connectivity index (χ1v) is 11.3. The number of esters is 1. The fourth-order valence-corrected chi connectivity index (χ4v) is 4.68. The van der Waals surface area contributed by atoms with E-state index in [4.69, 9.17) is 14.5 Å². The maximum Gasteiger partial charge on any atom is 0.305 e. The lowest BCUT2D eigenvalue weighted by molar-refractivity contribution is -0.143. The van der Waals surface area contributed by atoms with Crippen LogP contribution in [-0.2, 0) is 16.0 Å². The first-order chi connectivity index (χ1) is 14.6. The van der Waals surface area contributed by atoms with Crippen LogP contribution in [0.3, 0.4) is 0 Å². The quantitative estimate of drug-likeness (QED) is 0.592. The van der Waals surface area contributed by atoms with Crippen LogP contribution in [0.4, 0.5) is 5.69 Å². The van der Waals surface area contributed by atoms with Gasteiger partial charge in [0, 0.05) is 36.8 Å². The summed E-state index contributed by atoms with van der Waals surface area (Å²) in [6.45, 7) is 2.30. The van der Waals surface area contributed by atoms with E-state index in [0.29, 0.717) is 25.2 Å². The van der Waals surface area contributed by atoms with Crippen LogP contribution in [-0.4, -0.2) is 36.8 Å². The van der Waals surface area contributed by atoms with Gasteiger partial charge in [0.2, 0.25) is 5.88 Å². The average Bonchev–Trinajstić information content (AvgIpc) is 3.26. The number of hydrogen-bond donors (Lipinski definition) is 0. The van der Waals surface area contributed by atoms with Crippen LogP contribution in [0.25, 0.3) is 11.3 Å². The molecule has 5 nitrogen and oxygen atoms in total. The molecule has 0 bridgehead atoms. The van der Waals surface area contributed by atoms with Gasteiger partial charge in [-0.25, -0.2) is 4.98 Å². The second-order valence-corrected chi connectivity index (χ2v) is 8.38. The number of aryl methyl sites for hydroxylation is 1. The summed E-state index contributed by atoms with van der Waals surface area (Å²) < 4.78 is 11.2. The van der Waals surface area contributed by atoms with Gasteiger partial charge in [-0.1, -0.05) is 12.1 Å². The van der Waals surface area contributed by atoms with Crippen molar-refractivity contribution >= 4 is 11.7 Å². The number of fused-ring (bicyclic) bond motifs is 1. The second-order valence-electron chi connectivity index (χ2n) is 8.38. The minimum Gasteiger partial charge on any atom is -0.474 e. The monoisotopic (exact) mass is 408 g/mol. The maximum absolute atomic E-state index is 11.7. The molecule has 2 heterocycles. The summed E-state index contributed by atoms with van der Waals surface area (Å²) >= 11 is 0. The molecule has 1 aliphatic carbocycles. The van der Waals surface area contributed by atoms with E-state index in [1.54, 1.807) is 0 Å². The Bertz CT molecular complexity index is 876. The number of rotatable bonds is 7. The molecule has 1 fully saturated rings. The number of aromatic nitrogens is 1. The SMILES string of the molecule is CCOC(=O)CCC1CCc2cc(-c3cccc(OC4CCCC4)n3)ccc2N1C. The topological polar surface area (TPSA) is 51.7 Å². The molecular weight excluding hydrogens is 376 g/mol. The number of pyridine rings is 1. The average molecular weight is 409 g/mol. The number of hydrogen-bond acceptors (Lipinski definition) is 5. The first kappa shape index (κ1) is 20.7. The number of carbonyl (C=O) groups is 1. The third-order valence-corrected chi connectivity index (χ3v) is 6.35. The van der Waals surface area contributed by atoms with Gasteiger partial charge in [-0.2, -0.15) is 0 Å². The molecule has 2 aliphatic rings. The van der Waals surface area contributed by atoms with Crippen LogP contribution < -0.4 is 9.64 Å². The molecule has 1 unspecified atom stereocenters. The Balaban J connectivity index is 1.45. The first-order valence-electron chi connectivity index (χ1n) is 11.3. The number of nitrogens with zero attached hydrogens (tertiary/aromatic N) is 2. The molecule has 0 spiro atoms. The van der Waals surface area contributed by atoms with Crippen molar-refractivity contribution in [3.63, 3.8) is 0 Å². The molecule has 0 radical (unpaired) electrons. The van der Waals surface area contributed by atoms with Crippen molar-refractivity contribution in [1.29, 1.82) is 0 Å². The zero-order valence-corrected chi connectivity index (χ0v) is 18.1. The summed E-state index contributed by atoms with van der Waals surface area (Å²) in [4.78, 5) is 18.8. The highest BCUT2D eigenvalue weighted by molar-refractivity contribution is 5.70. The van der Waals surface area contributed by atoms with Crippen LogP contribution in [0.1, 0.15) is 57.4 Å². The molecule has 1 aromatic heterocycles. The fraction of sp³-hybridized carbons (Fsp3) is 0.520. The number of ether oxygens (including phenoxy) is 2. The van der Waals surface area contributed by atoms with Crippen molar-refractivity contribution in [3.05, 3.63) is 42.0 Å². The molecule has 1 saturated carbocycles. The summed E-state index contributed by atoms with van der Waals surface area (Å²) in [6, 6.07) is 13.0. The van der Waals surface area contributed by atoms with Crippen molar-refractivity contribution in [2.75, 3.05) is 18.6 Å². The van der Waals surface area contributed by atoms with Gasteiger partial charge in [-0.15, -0.1) is 0 Å². The van der Waals surface area contributed by atoms with Gasteiger partial charge in [-0.05, 0) is 75.6 Å². The maximum atomic E-state index is 11.7. The molecule has 0 saturated heterocycles. The van der Waals surface area contributed by atoms with E-state index in [0.717, 1.165) is 49.2 Å². The van der Waals surface area contributed by atoms with Gasteiger partial charge in [0.25, 0.3) is 0 Å². The van der Waals surface area contributed by atoms with E-state index in [9.17, 15) is 4.79 Å². The predicted octanol–water partition coefficient (Wildman–Crippen LogP) is 5.16. The Labute approximate surface area is 179 Å². The molecule has 160 valence electrons. The number of benzene rings is 1. The van der Waals surface area contributed by atoms with Crippen LogP contribution in [0.15, 0.2) is 36.4 Å². The molecule has 0 amide bonds. The molecule has 1 aliphatic heterocycles. The molecule has 30 heavy (non-hydrogen) atoms. The standard InChI is InChI=1S/C25H32N2O3/c1-3-29-25(28)16-14-20-13-11-19-17-18(12-15-23(19)27(20)2)22-9-6-10-24(26-22)30-21-7-4-5-8-21/h6,9-10,12,15,17,20-21H,3-5,7-8,11,13-14,16H2,1-2H3. The van der Waals surface area contributed by atoms with Crippen LogP contribution in [0.2, 0.25) is 0 Å². The Hall–Kier alpha value is -2.56. The van der Waals surface area contributed by atoms with E-state index in [2.05, 4.69) is 36.2 Å². The summed E-state index contributed by atoms with van der Waals surface area (Å²) in [6.07, 6.45) is 8.46. The van der Waals surface area contributed by atoms with Crippen LogP contribution >= 0.6 is 0 Å². The van der Waals surface area contributed by atoms with Gasteiger partial charge in [0.15, 0.2) is 0 Å². The van der Waals surface area contributed by atoms with E-state index in [1.807, 2.05) is 19.1 Å². The smallest absolute Gasteiger partial charge is 0.305 e. The highest BCUT2D eigenvalue weighted by atomic mass is 16.5. The molecular formula is C25H32N2O3. The van der Waals surface area contributed by atoms with Gasteiger partial charge in [0.05, 0.1) is 12.3 Å². The fourth-order valence-electron chi connectivity index (χ4n) is 4.68. The van der Waals surface area contributed by atoms with Gasteiger partial charge >= 0.3 is 5.97 Å². The molecule has 2 aromatic rings. The predicted molar refractivity (Wildman–Crippen MR) is 119 cm³/mol. The van der Waals surface area contributed by atoms with E-state index < -0.39 is 0 Å². The Kier molecular flexibility index (Phi) is 6.56. The largest absolute Gasteiger partial charge is 0.474 e. The number of carbonyl (C=O) groups excluding carboxylic acids is 1. The Morgan fingerprint density at radius 1 is 1.17 bits per heavy atom. The Morgan fingerprint density at radius 2 is 2.00 bits per heavy atom. The van der Waals surface area contributed by atoms with E-state index in [-0.39, 0.29) is 5.97 Å². The Morgan fingerprint density at radius 3 is 2.80 bits per heavy atom. The minimum atomic E-state index is -0.0992. The molecule has 1 atom stereocenters. The van der Waals surface area contributed by atoms with Crippen molar-refractivity contribution in [2.45, 2.75) is 70.4 Å². The van der Waals surface area contributed by atoms with Gasteiger partial charge in [0.1, 0.15) is 6.10 Å². The third kappa shape index (κ3) is 4.77. The summed E-state index contributed by atoms with van der Waals surface area (Å²) in [5.41, 5.74) is 4.67. The second kappa shape index (κ2) is 9.50. The number of anilines is 1. The zero-order chi connectivity index (χ0) is 20.9. The van der Waals surface area contributed by atoms with Crippen molar-refractivity contribution in [3.8, 4) is 17.1 Å². The minimum absolute atomic E-state index is 0.0992. The van der Waals surface area contributed by atoms with Crippen LogP contribution in [0.5, 0.6) is 5.88 Å². The summed E-state index contributed by atoms with van der Waals surface area (Å²) in [7, 11) is 2.13. The van der Waals surface area contributed by atoms with E-state index >= 15 is 0 Å². The normalized spacial score (nSPS) is 18.9. The van der Waals surface area contributed by atoms with Gasteiger partial charge in [-0.3, -0.25) is 4.79 Å². The van der Waals surface area contributed by atoms with Crippen molar-refractivity contribution in [2.24, 2.45) is 0 Å². The molecule has 4 rings (SSSR count). The third-order valence-electron chi connectivity index (χ3n) is 6.35. The zero-order valence-electron chi connectivity index (χ0n) is 18.1. The summed E-state index contributed by atoms with van der Waals surface area (Å²) in [5, 5.41) is 0. The highest BCUT2D eigenvalue weighted by Gasteiger charge is 2.24. The van der Waals surface area contributed by atoms with Crippen LogP contribution in [0, 0.1) is 0 Å². The highest BCUT2D eigenvalue weighted by Crippen LogP contribution is 2.34. The van der Waals surface area contributed by atoms with Crippen molar-refractivity contribution < 1.29 is 14.3 Å². The lowest BCUT2D eigenvalue weighted by atomic mass is 9.92. The van der Waals surface area contributed by atoms with Crippen molar-refractivity contribution in [1.82, 2.24) is 4.98 Å². The lowest BCUT2D eigenvalue weighted by Crippen LogP contribution is -2.36. The lowest BCUT2D eigenvalue weighted by Gasteiger charge is -2.36. The molecule has 5 heteroatoms. The molecule has 1 aromatic carbocycles.